The minimum Gasteiger partial charge on any atom is -0.491 e. The Labute approximate surface area is 201 Å². The molecular formula is C27H37F2N3O2. The van der Waals surface area contributed by atoms with Gasteiger partial charge in [-0.05, 0) is 50.3 Å². The van der Waals surface area contributed by atoms with Gasteiger partial charge in [0.05, 0.1) is 24.6 Å². The van der Waals surface area contributed by atoms with Crippen molar-refractivity contribution >= 4 is 11.7 Å². The SMILES string of the molecule is CC1CCN(c2ccc(OCC3CC3(F)F)cn2)C1.CCCNC(=O)C(C)c1ccc(C)cc1. The summed E-state index contributed by atoms with van der Waals surface area (Å²) in [5, 5.41) is 2.91. The fourth-order valence-corrected chi connectivity index (χ4v) is 3.84. The van der Waals surface area contributed by atoms with Crippen LogP contribution in [0.5, 0.6) is 5.75 Å². The van der Waals surface area contributed by atoms with Crippen molar-refractivity contribution in [3.8, 4) is 5.75 Å². The summed E-state index contributed by atoms with van der Waals surface area (Å²) < 4.78 is 30.7. The smallest absolute Gasteiger partial charge is 0.255 e. The molecule has 2 aromatic rings. The molecule has 7 heteroatoms. The lowest BCUT2D eigenvalue weighted by atomic mass is 9.99. The first-order chi connectivity index (χ1) is 16.2. The molecule has 3 unspecified atom stereocenters. The highest BCUT2D eigenvalue weighted by molar-refractivity contribution is 5.83. The van der Waals surface area contributed by atoms with Gasteiger partial charge in [-0.3, -0.25) is 4.79 Å². The lowest BCUT2D eigenvalue weighted by molar-refractivity contribution is -0.122. The largest absolute Gasteiger partial charge is 0.491 e. The van der Waals surface area contributed by atoms with Crippen LogP contribution >= 0.6 is 0 Å². The first-order valence-electron chi connectivity index (χ1n) is 12.3. The van der Waals surface area contributed by atoms with Gasteiger partial charge in [-0.15, -0.1) is 0 Å². The number of benzene rings is 1. The second kappa shape index (κ2) is 11.6. The molecule has 5 nitrogen and oxygen atoms in total. The van der Waals surface area contributed by atoms with Crippen molar-refractivity contribution < 1.29 is 18.3 Å². The standard InChI is InChI=1S/C14H18F2N2O.C13H19NO/c1-10-4-5-18(8-10)13-3-2-12(7-17-13)19-9-11-6-14(11,15)16;1-4-9-14-13(15)11(3)12-7-5-10(2)6-8-12/h2-3,7,10-11H,4-6,8-9H2,1H3;5-8,11H,4,9H2,1-3H3,(H,14,15). The molecule has 0 bridgehead atoms. The molecule has 1 aliphatic heterocycles. The molecule has 0 radical (unpaired) electrons. The first-order valence-corrected chi connectivity index (χ1v) is 12.3. The molecule has 1 amide bonds. The van der Waals surface area contributed by atoms with E-state index in [1.165, 1.54) is 12.0 Å². The molecule has 186 valence electrons. The van der Waals surface area contributed by atoms with E-state index in [0.717, 1.165) is 37.4 Å². The van der Waals surface area contributed by atoms with Gasteiger partial charge in [-0.1, -0.05) is 43.7 Å². The second-order valence-corrected chi connectivity index (χ2v) is 9.59. The van der Waals surface area contributed by atoms with Crippen molar-refractivity contribution in [2.75, 3.05) is 31.1 Å². The van der Waals surface area contributed by atoms with Gasteiger partial charge in [0.25, 0.3) is 5.92 Å². The zero-order chi connectivity index (χ0) is 24.7. The fourth-order valence-electron chi connectivity index (χ4n) is 3.84. The Kier molecular flexibility index (Phi) is 8.86. The normalized spacial score (nSPS) is 21.3. The van der Waals surface area contributed by atoms with Crippen molar-refractivity contribution in [1.29, 1.82) is 0 Å². The van der Waals surface area contributed by atoms with Crippen molar-refractivity contribution in [3.05, 3.63) is 53.7 Å². The van der Waals surface area contributed by atoms with Crippen LogP contribution in [0, 0.1) is 18.8 Å². The molecule has 1 aromatic carbocycles. The Morgan fingerprint density at radius 3 is 2.50 bits per heavy atom. The lowest BCUT2D eigenvalue weighted by Gasteiger charge is -2.17. The predicted molar refractivity (Wildman–Crippen MR) is 132 cm³/mol. The number of alkyl halides is 2. The number of carbonyl (C=O) groups excluding carboxylic acids is 1. The third-order valence-corrected chi connectivity index (χ3v) is 6.40. The highest BCUT2D eigenvalue weighted by Crippen LogP contribution is 2.48. The quantitative estimate of drug-likeness (QED) is 0.543. The number of halogens is 2. The van der Waals surface area contributed by atoms with Crippen molar-refractivity contribution in [2.45, 2.75) is 58.8 Å². The van der Waals surface area contributed by atoms with E-state index in [1.807, 2.05) is 50.2 Å². The number of pyridine rings is 1. The first kappa shape index (κ1) is 25.9. The Morgan fingerprint density at radius 1 is 1.26 bits per heavy atom. The molecule has 2 aliphatic rings. The summed E-state index contributed by atoms with van der Waals surface area (Å²) in [5.41, 5.74) is 2.30. The number of aryl methyl sites for hydroxylation is 1. The van der Waals surface area contributed by atoms with Gasteiger partial charge < -0.3 is 15.0 Å². The molecule has 1 aliphatic carbocycles. The molecule has 2 heterocycles. The average Bonchev–Trinajstić information content (AvgIpc) is 3.21. The third-order valence-electron chi connectivity index (χ3n) is 6.40. The summed E-state index contributed by atoms with van der Waals surface area (Å²) in [6.45, 7) is 11.2. The van der Waals surface area contributed by atoms with E-state index in [4.69, 9.17) is 4.74 Å². The van der Waals surface area contributed by atoms with Crippen LogP contribution in [0.2, 0.25) is 0 Å². The zero-order valence-corrected chi connectivity index (χ0v) is 20.7. The second-order valence-electron chi connectivity index (χ2n) is 9.59. The fraction of sp³-hybridized carbons (Fsp3) is 0.556. The van der Waals surface area contributed by atoms with Gasteiger partial charge in [-0.25, -0.2) is 13.8 Å². The molecule has 3 atom stereocenters. The van der Waals surface area contributed by atoms with Crippen LogP contribution in [0.1, 0.15) is 57.1 Å². The Morgan fingerprint density at radius 2 is 1.97 bits per heavy atom. The maximum Gasteiger partial charge on any atom is 0.255 e. The minimum atomic E-state index is -2.51. The van der Waals surface area contributed by atoms with E-state index in [-0.39, 0.29) is 24.9 Å². The molecule has 2 fully saturated rings. The highest BCUT2D eigenvalue weighted by Gasteiger charge is 2.57. The minimum absolute atomic E-state index is 0.0514. The summed E-state index contributed by atoms with van der Waals surface area (Å²) >= 11 is 0. The van der Waals surface area contributed by atoms with Gasteiger partial charge in [0.15, 0.2) is 0 Å². The molecule has 4 rings (SSSR count). The summed E-state index contributed by atoms with van der Waals surface area (Å²) in [7, 11) is 0. The predicted octanol–water partition coefficient (Wildman–Crippen LogP) is 5.59. The Balaban J connectivity index is 0.000000197. The van der Waals surface area contributed by atoms with Crippen LogP contribution in [-0.4, -0.2) is 43.1 Å². The summed E-state index contributed by atoms with van der Waals surface area (Å²) in [5.74, 6) is -0.870. The van der Waals surface area contributed by atoms with Gasteiger partial charge in [-0.2, -0.15) is 0 Å². The Bertz CT molecular complexity index is 918. The van der Waals surface area contributed by atoms with E-state index in [0.29, 0.717) is 11.7 Å². The lowest BCUT2D eigenvalue weighted by Crippen LogP contribution is -2.28. The molecule has 1 aromatic heterocycles. The topological polar surface area (TPSA) is 54.5 Å². The van der Waals surface area contributed by atoms with E-state index >= 15 is 0 Å². The number of anilines is 1. The van der Waals surface area contributed by atoms with Crippen LogP contribution in [0.4, 0.5) is 14.6 Å². The number of aromatic nitrogens is 1. The maximum atomic E-state index is 12.7. The number of hydrogen-bond donors (Lipinski definition) is 1. The Hall–Kier alpha value is -2.70. The van der Waals surface area contributed by atoms with Crippen LogP contribution in [-0.2, 0) is 4.79 Å². The number of hydrogen-bond acceptors (Lipinski definition) is 4. The molecule has 34 heavy (non-hydrogen) atoms. The van der Waals surface area contributed by atoms with Gasteiger partial charge in [0.1, 0.15) is 11.6 Å². The van der Waals surface area contributed by atoms with E-state index in [2.05, 4.69) is 29.0 Å². The monoisotopic (exact) mass is 473 g/mol. The average molecular weight is 474 g/mol. The summed E-state index contributed by atoms with van der Waals surface area (Å²) in [6, 6.07) is 11.8. The molecular weight excluding hydrogens is 436 g/mol. The number of rotatable bonds is 8. The van der Waals surface area contributed by atoms with Gasteiger partial charge in [0, 0.05) is 26.1 Å². The number of ether oxygens (including phenoxy) is 1. The molecule has 1 N–H and O–H groups in total. The number of amides is 1. The number of nitrogens with one attached hydrogen (secondary N) is 1. The highest BCUT2D eigenvalue weighted by atomic mass is 19.3. The number of carbonyl (C=O) groups is 1. The van der Waals surface area contributed by atoms with E-state index in [1.54, 1.807) is 6.20 Å². The van der Waals surface area contributed by atoms with Crippen molar-refractivity contribution in [1.82, 2.24) is 10.3 Å². The van der Waals surface area contributed by atoms with Crippen molar-refractivity contribution in [2.24, 2.45) is 11.8 Å². The van der Waals surface area contributed by atoms with Gasteiger partial charge in [0.2, 0.25) is 5.91 Å². The van der Waals surface area contributed by atoms with E-state index < -0.39 is 11.8 Å². The summed E-state index contributed by atoms with van der Waals surface area (Å²) in [4.78, 5) is 18.3. The molecule has 0 spiro atoms. The van der Waals surface area contributed by atoms with Crippen LogP contribution in [0.15, 0.2) is 42.6 Å². The molecule has 1 saturated carbocycles. The van der Waals surface area contributed by atoms with Gasteiger partial charge >= 0.3 is 0 Å². The summed E-state index contributed by atoms with van der Waals surface area (Å²) in [6.07, 6.45) is 3.74. The van der Waals surface area contributed by atoms with Crippen molar-refractivity contribution in [3.63, 3.8) is 0 Å². The zero-order valence-electron chi connectivity index (χ0n) is 20.7. The van der Waals surface area contributed by atoms with E-state index in [9.17, 15) is 13.6 Å². The maximum absolute atomic E-state index is 12.7. The van der Waals surface area contributed by atoms with Crippen LogP contribution in [0.25, 0.3) is 0 Å². The van der Waals surface area contributed by atoms with Crippen LogP contribution < -0.4 is 15.0 Å². The number of nitrogens with zero attached hydrogens (tertiary/aromatic N) is 2. The third kappa shape index (κ3) is 7.40. The molecule has 1 saturated heterocycles. The van der Waals surface area contributed by atoms with Crippen LogP contribution in [0.3, 0.4) is 0 Å².